The van der Waals surface area contributed by atoms with E-state index in [4.69, 9.17) is 16.3 Å². The Morgan fingerprint density at radius 1 is 1.23 bits per heavy atom. The van der Waals surface area contributed by atoms with Gasteiger partial charge in [-0.3, -0.25) is 4.79 Å². The van der Waals surface area contributed by atoms with Crippen molar-refractivity contribution >= 4 is 59.2 Å². The van der Waals surface area contributed by atoms with Crippen molar-refractivity contribution in [1.82, 2.24) is 15.5 Å². The minimum atomic E-state index is -0.0164. The predicted octanol–water partition coefficient (Wildman–Crippen LogP) is 4.02. The smallest absolute Gasteiger partial charge is 0.243 e. The number of thioether (sulfide) groups is 1. The van der Waals surface area contributed by atoms with Gasteiger partial charge in [-0.25, -0.2) is 4.99 Å². The van der Waals surface area contributed by atoms with Gasteiger partial charge in [-0.15, -0.1) is 35.7 Å². The highest BCUT2D eigenvalue weighted by Crippen LogP contribution is 2.19. The van der Waals surface area contributed by atoms with E-state index in [0.717, 1.165) is 43.3 Å². The number of hydrogen-bond acceptors (Lipinski definition) is 4. The van der Waals surface area contributed by atoms with Gasteiger partial charge in [0, 0.05) is 49.5 Å². The molecule has 1 heterocycles. The van der Waals surface area contributed by atoms with Crippen LogP contribution in [0.5, 0.6) is 0 Å². The molecule has 1 aliphatic heterocycles. The third-order valence-corrected chi connectivity index (χ3v) is 5.88. The van der Waals surface area contributed by atoms with Gasteiger partial charge >= 0.3 is 0 Å². The van der Waals surface area contributed by atoms with E-state index in [1.54, 1.807) is 30.8 Å². The fourth-order valence-electron chi connectivity index (χ4n) is 2.90. The van der Waals surface area contributed by atoms with E-state index in [2.05, 4.69) is 15.6 Å². The first-order chi connectivity index (χ1) is 14.0. The third kappa shape index (κ3) is 11.6. The standard InChI is InChI=1S/C21H33ClN4O2S.HI/c1-26(2)20(27)16-25-21(23-12-5-7-18-6-3-4-14-28-18)24-13-15-29-19-10-8-17(22)9-11-19;/h8-11,18H,3-7,12-16H2,1-2H3,(H2,23,24,25);1H. The second-order valence-electron chi connectivity index (χ2n) is 7.24. The lowest BCUT2D eigenvalue weighted by Crippen LogP contribution is -2.40. The molecule has 0 radical (unpaired) electrons. The third-order valence-electron chi connectivity index (χ3n) is 4.62. The molecule has 170 valence electrons. The number of ether oxygens (including phenoxy) is 1. The normalized spacial score (nSPS) is 16.5. The summed E-state index contributed by atoms with van der Waals surface area (Å²) in [5.41, 5.74) is 0. The van der Waals surface area contributed by atoms with Crippen molar-refractivity contribution in [3.8, 4) is 0 Å². The number of nitrogens with zero attached hydrogens (tertiary/aromatic N) is 2. The Kier molecular flexibility index (Phi) is 14.6. The Labute approximate surface area is 206 Å². The van der Waals surface area contributed by atoms with Gasteiger partial charge in [0.2, 0.25) is 5.91 Å². The van der Waals surface area contributed by atoms with Crippen LogP contribution in [0.25, 0.3) is 0 Å². The highest BCUT2D eigenvalue weighted by atomic mass is 127. The summed E-state index contributed by atoms with van der Waals surface area (Å²) in [4.78, 5) is 19.0. The Bertz CT molecular complexity index is 640. The molecule has 9 heteroatoms. The summed E-state index contributed by atoms with van der Waals surface area (Å²) in [5, 5.41) is 7.42. The Hall–Kier alpha value is -0.710. The number of carbonyl (C=O) groups is 1. The monoisotopic (exact) mass is 568 g/mol. The van der Waals surface area contributed by atoms with Crippen LogP contribution in [0.1, 0.15) is 32.1 Å². The molecule has 1 aliphatic rings. The molecule has 0 bridgehead atoms. The van der Waals surface area contributed by atoms with E-state index in [9.17, 15) is 4.79 Å². The van der Waals surface area contributed by atoms with Crippen molar-refractivity contribution in [2.45, 2.75) is 43.1 Å². The first kappa shape index (κ1) is 27.3. The minimum Gasteiger partial charge on any atom is -0.378 e. The van der Waals surface area contributed by atoms with Gasteiger partial charge in [0.05, 0.1) is 6.10 Å². The summed E-state index contributed by atoms with van der Waals surface area (Å²) in [6.45, 7) is 2.59. The van der Waals surface area contributed by atoms with Crippen LogP contribution in [-0.2, 0) is 9.53 Å². The molecule has 1 aromatic carbocycles. The van der Waals surface area contributed by atoms with Crippen LogP contribution in [0, 0.1) is 0 Å². The van der Waals surface area contributed by atoms with E-state index in [0.29, 0.717) is 12.1 Å². The van der Waals surface area contributed by atoms with Crippen LogP contribution in [0.15, 0.2) is 34.2 Å². The van der Waals surface area contributed by atoms with Gasteiger partial charge in [0.15, 0.2) is 5.96 Å². The lowest BCUT2D eigenvalue weighted by molar-refractivity contribution is -0.127. The molecular weight excluding hydrogens is 535 g/mol. The van der Waals surface area contributed by atoms with E-state index >= 15 is 0 Å². The van der Waals surface area contributed by atoms with Gasteiger partial charge < -0.3 is 20.3 Å². The van der Waals surface area contributed by atoms with Crippen molar-refractivity contribution < 1.29 is 9.53 Å². The maximum atomic E-state index is 11.9. The van der Waals surface area contributed by atoms with Gasteiger partial charge in [-0.2, -0.15) is 0 Å². The highest BCUT2D eigenvalue weighted by molar-refractivity contribution is 14.0. The summed E-state index contributed by atoms with van der Waals surface area (Å²) in [7, 11) is 3.48. The number of guanidine groups is 1. The van der Waals surface area contributed by atoms with Gasteiger partial charge in [0.25, 0.3) is 0 Å². The second kappa shape index (κ2) is 16.0. The fraction of sp³-hybridized carbons (Fsp3) is 0.619. The first-order valence-electron chi connectivity index (χ1n) is 10.3. The topological polar surface area (TPSA) is 66.0 Å². The summed E-state index contributed by atoms with van der Waals surface area (Å²) >= 11 is 7.67. The Balaban J connectivity index is 0.00000450. The largest absolute Gasteiger partial charge is 0.378 e. The van der Waals surface area contributed by atoms with Crippen molar-refractivity contribution in [3.63, 3.8) is 0 Å². The number of halogens is 2. The van der Waals surface area contributed by atoms with E-state index in [1.165, 1.54) is 24.2 Å². The molecule has 1 atom stereocenters. The Morgan fingerprint density at radius 2 is 1.97 bits per heavy atom. The first-order valence-corrected chi connectivity index (χ1v) is 11.6. The molecule has 1 unspecified atom stereocenters. The lowest BCUT2D eigenvalue weighted by Gasteiger charge is -2.22. The van der Waals surface area contributed by atoms with Crippen LogP contribution >= 0.6 is 47.3 Å². The second-order valence-corrected chi connectivity index (χ2v) is 8.84. The van der Waals surface area contributed by atoms with Crippen molar-refractivity contribution in [2.24, 2.45) is 4.99 Å². The maximum absolute atomic E-state index is 11.9. The summed E-state index contributed by atoms with van der Waals surface area (Å²) in [5.74, 6) is 1.55. The molecule has 0 aromatic heterocycles. The van der Waals surface area contributed by atoms with Crippen molar-refractivity contribution in [1.29, 1.82) is 0 Å². The number of carbonyl (C=O) groups excluding carboxylic acids is 1. The molecule has 1 aromatic rings. The van der Waals surface area contributed by atoms with Crippen molar-refractivity contribution in [2.75, 3.05) is 46.1 Å². The molecule has 30 heavy (non-hydrogen) atoms. The van der Waals surface area contributed by atoms with Gasteiger partial charge in [0.1, 0.15) is 6.54 Å². The van der Waals surface area contributed by atoms with Crippen LogP contribution in [0.4, 0.5) is 0 Å². The fourth-order valence-corrected chi connectivity index (χ4v) is 3.80. The summed E-state index contributed by atoms with van der Waals surface area (Å²) in [6.07, 6.45) is 6.09. The van der Waals surface area contributed by atoms with E-state index in [-0.39, 0.29) is 36.4 Å². The molecule has 1 fully saturated rings. The highest BCUT2D eigenvalue weighted by Gasteiger charge is 2.13. The molecule has 0 saturated carbocycles. The number of hydrogen-bond donors (Lipinski definition) is 2. The van der Waals surface area contributed by atoms with Crippen LogP contribution in [0.3, 0.4) is 0 Å². The molecule has 6 nitrogen and oxygen atoms in total. The molecule has 0 spiro atoms. The molecule has 1 amide bonds. The molecule has 2 N–H and O–H groups in total. The quantitative estimate of drug-likeness (QED) is 0.147. The maximum Gasteiger partial charge on any atom is 0.243 e. The molecule has 2 rings (SSSR count). The summed E-state index contributed by atoms with van der Waals surface area (Å²) < 4.78 is 5.78. The number of aliphatic imine (C=N–C) groups is 1. The zero-order valence-corrected chi connectivity index (χ0v) is 21.8. The number of rotatable bonds is 10. The number of amides is 1. The number of likely N-dealkylation sites (N-methyl/N-ethyl adjacent to an activating group) is 1. The number of benzene rings is 1. The Morgan fingerprint density at radius 3 is 2.63 bits per heavy atom. The van der Waals surface area contributed by atoms with Crippen LogP contribution < -0.4 is 10.6 Å². The SMILES string of the molecule is CN(C)C(=O)CN=C(NCCCC1CCCCO1)NCCSc1ccc(Cl)cc1.I. The number of nitrogens with one attached hydrogen (secondary N) is 2. The zero-order valence-electron chi connectivity index (χ0n) is 17.9. The molecular formula is C21H34ClIN4O2S. The molecule has 1 saturated heterocycles. The lowest BCUT2D eigenvalue weighted by atomic mass is 10.0. The summed E-state index contributed by atoms with van der Waals surface area (Å²) in [6, 6.07) is 7.83. The van der Waals surface area contributed by atoms with E-state index < -0.39 is 0 Å². The van der Waals surface area contributed by atoms with Crippen LogP contribution in [-0.4, -0.2) is 69.0 Å². The predicted molar refractivity (Wildman–Crippen MR) is 137 cm³/mol. The van der Waals surface area contributed by atoms with Gasteiger partial charge in [-0.05, 0) is 56.4 Å². The van der Waals surface area contributed by atoms with Crippen molar-refractivity contribution in [3.05, 3.63) is 29.3 Å². The minimum absolute atomic E-state index is 0. The zero-order chi connectivity index (χ0) is 20.9. The van der Waals surface area contributed by atoms with Crippen LogP contribution in [0.2, 0.25) is 5.02 Å². The average Bonchev–Trinajstić information content (AvgIpc) is 2.73. The molecule has 0 aliphatic carbocycles. The van der Waals surface area contributed by atoms with E-state index in [1.807, 2.05) is 24.3 Å². The van der Waals surface area contributed by atoms with Gasteiger partial charge in [-0.1, -0.05) is 11.6 Å². The average molecular weight is 569 g/mol.